The fourth-order valence-electron chi connectivity index (χ4n) is 2.69. The third-order valence-corrected chi connectivity index (χ3v) is 3.67. The summed E-state index contributed by atoms with van der Waals surface area (Å²) in [7, 11) is 0. The lowest BCUT2D eigenvalue weighted by molar-refractivity contribution is -0.150. The lowest BCUT2D eigenvalue weighted by Crippen LogP contribution is -2.64. The fourth-order valence-corrected chi connectivity index (χ4v) is 2.69. The molecule has 0 bridgehead atoms. The second-order valence-electron chi connectivity index (χ2n) is 6.14. The Labute approximate surface area is 128 Å². The molecule has 0 aromatic rings. The van der Waals surface area contributed by atoms with Crippen molar-refractivity contribution in [3.8, 4) is 0 Å². The molecule has 5 heteroatoms. The predicted molar refractivity (Wildman–Crippen MR) is 82.9 cm³/mol. The molecule has 1 aliphatic rings. The molecule has 21 heavy (non-hydrogen) atoms. The molecule has 0 spiro atoms. The molecule has 2 unspecified atom stereocenters. The Morgan fingerprint density at radius 1 is 1.19 bits per heavy atom. The van der Waals surface area contributed by atoms with Crippen LogP contribution < -0.4 is 5.32 Å². The first-order chi connectivity index (χ1) is 10.0. The van der Waals surface area contributed by atoms with E-state index in [1.54, 1.807) is 4.90 Å². The monoisotopic (exact) mass is 298 g/mol. The summed E-state index contributed by atoms with van der Waals surface area (Å²) in [6.45, 7) is 9.91. The zero-order chi connectivity index (χ0) is 15.8. The molecule has 5 nitrogen and oxygen atoms in total. The number of hydrogen-bond donors (Lipinski definition) is 1. The molecule has 0 aliphatic carbocycles. The van der Waals surface area contributed by atoms with Crippen molar-refractivity contribution < 1.29 is 14.3 Å². The summed E-state index contributed by atoms with van der Waals surface area (Å²) in [4.78, 5) is 26.6. The molecule has 2 atom stereocenters. The first-order valence-corrected chi connectivity index (χ1v) is 8.19. The van der Waals surface area contributed by atoms with E-state index in [1.807, 2.05) is 6.92 Å². The summed E-state index contributed by atoms with van der Waals surface area (Å²) >= 11 is 0. The Bertz CT molecular complexity index is 344. The number of carbonyl (C=O) groups is 2. The van der Waals surface area contributed by atoms with Gasteiger partial charge >= 0.3 is 0 Å². The average Bonchev–Trinajstić information content (AvgIpc) is 2.42. The van der Waals surface area contributed by atoms with E-state index < -0.39 is 0 Å². The topological polar surface area (TPSA) is 58.6 Å². The molecule has 0 radical (unpaired) electrons. The first kappa shape index (κ1) is 18.0. The van der Waals surface area contributed by atoms with E-state index in [0.717, 1.165) is 12.8 Å². The van der Waals surface area contributed by atoms with Crippen LogP contribution in [-0.4, -0.2) is 48.6 Å². The van der Waals surface area contributed by atoms with Gasteiger partial charge in [-0.1, -0.05) is 34.1 Å². The van der Waals surface area contributed by atoms with Gasteiger partial charge in [0.25, 0.3) is 0 Å². The van der Waals surface area contributed by atoms with Crippen LogP contribution in [0.15, 0.2) is 0 Å². The lowest BCUT2D eigenvalue weighted by atomic mass is 9.97. The SMILES string of the molecule is CCCOCCN1C(=O)C(CC(C)C)NC(=O)C1CCC. The summed E-state index contributed by atoms with van der Waals surface area (Å²) in [6.07, 6.45) is 3.24. The van der Waals surface area contributed by atoms with Crippen molar-refractivity contribution in [3.05, 3.63) is 0 Å². The molecule has 0 aromatic carbocycles. The third kappa shape index (κ3) is 5.30. The molecule has 1 aliphatic heterocycles. The highest BCUT2D eigenvalue weighted by atomic mass is 16.5. The highest BCUT2D eigenvalue weighted by Crippen LogP contribution is 2.18. The van der Waals surface area contributed by atoms with E-state index in [0.29, 0.717) is 38.5 Å². The van der Waals surface area contributed by atoms with Crippen LogP contribution in [0.2, 0.25) is 0 Å². The Balaban J connectivity index is 2.72. The van der Waals surface area contributed by atoms with Crippen LogP contribution in [0.3, 0.4) is 0 Å². The van der Waals surface area contributed by atoms with Gasteiger partial charge in [0.1, 0.15) is 12.1 Å². The maximum absolute atomic E-state index is 12.6. The molecule has 1 heterocycles. The molecule has 1 fully saturated rings. The third-order valence-electron chi connectivity index (χ3n) is 3.67. The predicted octanol–water partition coefficient (Wildman–Crippen LogP) is 1.95. The van der Waals surface area contributed by atoms with E-state index in [-0.39, 0.29) is 23.9 Å². The van der Waals surface area contributed by atoms with Gasteiger partial charge < -0.3 is 15.0 Å². The number of piperazine rings is 1. The highest BCUT2D eigenvalue weighted by molar-refractivity contribution is 5.96. The highest BCUT2D eigenvalue weighted by Gasteiger charge is 2.39. The molecule has 122 valence electrons. The standard InChI is InChI=1S/C16H30N2O3/c1-5-7-14-15(19)17-13(11-12(3)4)16(20)18(14)8-10-21-9-6-2/h12-14H,5-11H2,1-4H3,(H,17,19). The summed E-state index contributed by atoms with van der Waals surface area (Å²) in [6, 6.07) is -0.715. The smallest absolute Gasteiger partial charge is 0.245 e. The van der Waals surface area contributed by atoms with E-state index in [4.69, 9.17) is 4.74 Å². The molecular weight excluding hydrogens is 268 g/mol. The summed E-state index contributed by atoms with van der Waals surface area (Å²) < 4.78 is 5.49. The van der Waals surface area contributed by atoms with Crippen molar-refractivity contribution in [2.24, 2.45) is 5.92 Å². The van der Waals surface area contributed by atoms with E-state index in [9.17, 15) is 9.59 Å². The van der Waals surface area contributed by atoms with E-state index >= 15 is 0 Å². The van der Waals surface area contributed by atoms with Gasteiger partial charge in [-0.05, 0) is 25.2 Å². The van der Waals surface area contributed by atoms with Crippen LogP contribution in [0.4, 0.5) is 0 Å². The van der Waals surface area contributed by atoms with Crippen molar-refractivity contribution in [2.45, 2.75) is 65.5 Å². The zero-order valence-corrected chi connectivity index (χ0v) is 13.9. The molecule has 0 saturated carbocycles. The Kier molecular flexibility index (Phi) is 7.72. The van der Waals surface area contributed by atoms with Crippen LogP contribution in [0.25, 0.3) is 0 Å². The summed E-state index contributed by atoms with van der Waals surface area (Å²) in [5, 5.41) is 2.89. The van der Waals surface area contributed by atoms with Gasteiger partial charge in [-0.3, -0.25) is 9.59 Å². The van der Waals surface area contributed by atoms with Gasteiger partial charge in [0.05, 0.1) is 6.61 Å². The van der Waals surface area contributed by atoms with Gasteiger partial charge in [0, 0.05) is 13.2 Å². The van der Waals surface area contributed by atoms with Gasteiger partial charge in [0.15, 0.2) is 0 Å². The number of carbonyl (C=O) groups excluding carboxylic acids is 2. The minimum absolute atomic E-state index is 0.0161. The van der Waals surface area contributed by atoms with Crippen molar-refractivity contribution in [1.82, 2.24) is 10.2 Å². The lowest BCUT2D eigenvalue weighted by Gasteiger charge is -2.39. The number of nitrogens with zero attached hydrogens (tertiary/aromatic N) is 1. The van der Waals surface area contributed by atoms with E-state index in [1.165, 1.54) is 0 Å². The fraction of sp³-hybridized carbons (Fsp3) is 0.875. The average molecular weight is 298 g/mol. The largest absolute Gasteiger partial charge is 0.380 e. The molecule has 1 N–H and O–H groups in total. The maximum Gasteiger partial charge on any atom is 0.245 e. The van der Waals surface area contributed by atoms with Crippen molar-refractivity contribution >= 4 is 11.8 Å². The van der Waals surface area contributed by atoms with Crippen LogP contribution in [0.5, 0.6) is 0 Å². The van der Waals surface area contributed by atoms with Crippen LogP contribution in [0.1, 0.15) is 53.4 Å². The van der Waals surface area contributed by atoms with Gasteiger partial charge in [0.2, 0.25) is 11.8 Å². The maximum atomic E-state index is 12.6. The molecule has 2 amide bonds. The number of rotatable bonds is 9. The van der Waals surface area contributed by atoms with Crippen molar-refractivity contribution in [3.63, 3.8) is 0 Å². The number of nitrogens with one attached hydrogen (secondary N) is 1. The minimum Gasteiger partial charge on any atom is -0.380 e. The first-order valence-electron chi connectivity index (χ1n) is 8.19. The molecular formula is C16H30N2O3. The Morgan fingerprint density at radius 3 is 2.48 bits per heavy atom. The van der Waals surface area contributed by atoms with Crippen LogP contribution in [0, 0.1) is 5.92 Å². The number of amides is 2. The molecule has 1 saturated heterocycles. The quantitative estimate of drug-likeness (QED) is 0.662. The number of ether oxygens (including phenoxy) is 1. The second kappa shape index (κ2) is 9.03. The number of hydrogen-bond acceptors (Lipinski definition) is 3. The van der Waals surface area contributed by atoms with Gasteiger partial charge in [-0.2, -0.15) is 0 Å². The molecule has 0 aromatic heterocycles. The summed E-state index contributed by atoms with van der Waals surface area (Å²) in [5.41, 5.74) is 0. The van der Waals surface area contributed by atoms with E-state index in [2.05, 4.69) is 26.1 Å². The van der Waals surface area contributed by atoms with Crippen LogP contribution >= 0.6 is 0 Å². The zero-order valence-electron chi connectivity index (χ0n) is 13.9. The molecule has 1 rings (SSSR count). The second-order valence-corrected chi connectivity index (χ2v) is 6.14. The van der Waals surface area contributed by atoms with Gasteiger partial charge in [-0.25, -0.2) is 0 Å². The van der Waals surface area contributed by atoms with Gasteiger partial charge in [-0.15, -0.1) is 0 Å². The minimum atomic E-state index is -0.378. The van der Waals surface area contributed by atoms with Crippen molar-refractivity contribution in [2.75, 3.05) is 19.8 Å². The normalized spacial score (nSPS) is 22.8. The van der Waals surface area contributed by atoms with Crippen LogP contribution in [-0.2, 0) is 14.3 Å². The van der Waals surface area contributed by atoms with Crippen molar-refractivity contribution in [1.29, 1.82) is 0 Å². The summed E-state index contributed by atoms with van der Waals surface area (Å²) in [5.74, 6) is 0.402. The Morgan fingerprint density at radius 2 is 1.90 bits per heavy atom. The Hall–Kier alpha value is -1.10.